The Morgan fingerprint density at radius 1 is 1.41 bits per heavy atom. The molecule has 3 N–H and O–H groups in total. The molecule has 6 heteroatoms. The Kier molecular flexibility index (Phi) is 5.95. The standard InChI is InChI=1S/C11H18N4O2/c1-2-13-11-14-7-9(8-15-11)6-12-5-3-4-10(16)17/h7-8,12H,2-6H2,1H3,(H,16,17)(H,13,14,15). The summed E-state index contributed by atoms with van der Waals surface area (Å²) in [5.74, 6) is -0.132. The van der Waals surface area contributed by atoms with Gasteiger partial charge in [-0.05, 0) is 19.9 Å². The Labute approximate surface area is 100 Å². The predicted octanol–water partition coefficient (Wildman–Crippen LogP) is 0.863. The highest BCUT2D eigenvalue weighted by Crippen LogP contribution is 1.99. The minimum absolute atomic E-state index is 0.197. The first-order valence-corrected chi connectivity index (χ1v) is 5.69. The van der Waals surface area contributed by atoms with E-state index in [4.69, 9.17) is 5.11 Å². The minimum atomic E-state index is -0.759. The molecule has 1 rings (SSSR count). The Balaban J connectivity index is 2.20. The number of aliphatic carboxylic acids is 1. The SMILES string of the molecule is CCNc1ncc(CNCCCC(=O)O)cn1. The molecule has 1 heterocycles. The van der Waals surface area contributed by atoms with Gasteiger partial charge in [0.25, 0.3) is 0 Å². The van der Waals surface area contributed by atoms with Crippen LogP contribution in [0.15, 0.2) is 12.4 Å². The molecule has 0 radical (unpaired) electrons. The highest BCUT2D eigenvalue weighted by atomic mass is 16.4. The number of rotatable bonds is 8. The van der Waals surface area contributed by atoms with Gasteiger partial charge in [0.2, 0.25) is 5.95 Å². The molecule has 0 aliphatic heterocycles. The van der Waals surface area contributed by atoms with E-state index in [9.17, 15) is 4.79 Å². The van der Waals surface area contributed by atoms with Crippen LogP contribution in [0.4, 0.5) is 5.95 Å². The zero-order chi connectivity index (χ0) is 12.5. The molecular formula is C11H18N4O2. The molecule has 17 heavy (non-hydrogen) atoms. The second-order valence-corrected chi connectivity index (χ2v) is 3.62. The van der Waals surface area contributed by atoms with Crippen LogP contribution in [0.2, 0.25) is 0 Å². The fourth-order valence-electron chi connectivity index (χ4n) is 1.29. The normalized spacial score (nSPS) is 10.2. The lowest BCUT2D eigenvalue weighted by molar-refractivity contribution is -0.137. The molecule has 6 nitrogen and oxygen atoms in total. The van der Waals surface area contributed by atoms with Gasteiger partial charge >= 0.3 is 5.97 Å². The molecule has 0 atom stereocenters. The monoisotopic (exact) mass is 238 g/mol. The number of hydrogen-bond acceptors (Lipinski definition) is 5. The summed E-state index contributed by atoms with van der Waals surface area (Å²) < 4.78 is 0. The van der Waals surface area contributed by atoms with Gasteiger partial charge in [-0.15, -0.1) is 0 Å². The van der Waals surface area contributed by atoms with Gasteiger partial charge in [-0.3, -0.25) is 4.79 Å². The fraction of sp³-hybridized carbons (Fsp3) is 0.545. The zero-order valence-electron chi connectivity index (χ0n) is 9.94. The molecule has 0 bridgehead atoms. The van der Waals surface area contributed by atoms with Crippen molar-refractivity contribution >= 4 is 11.9 Å². The van der Waals surface area contributed by atoms with E-state index in [0.717, 1.165) is 12.1 Å². The summed E-state index contributed by atoms with van der Waals surface area (Å²) in [6.45, 7) is 4.13. The predicted molar refractivity (Wildman–Crippen MR) is 64.8 cm³/mol. The number of nitrogens with one attached hydrogen (secondary N) is 2. The number of aromatic nitrogens is 2. The van der Waals surface area contributed by atoms with Crippen molar-refractivity contribution in [2.24, 2.45) is 0 Å². The number of carboxylic acids is 1. The van der Waals surface area contributed by atoms with Gasteiger partial charge in [0, 0.05) is 37.5 Å². The summed E-state index contributed by atoms with van der Waals surface area (Å²) in [6, 6.07) is 0. The summed E-state index contributed by atoms with van der Waals surface area (Å²) >= 11 is 0. The van der Waals surface area contributed by atoms with Gasteiger partial charge in [0.05, 0.1) is 0 Å². The maximum atomic E-state index is 10.3. The van der Waals surface area contributed by atoms with Crippen LogP contribution in [0.5, 0.6) is 0 Å². The van der Waals surface area contributed by atoms with Crippen LogP contribution < -0.4 is 10.6 Å². The molecule has 0 saturated carbocycles. The van der Waals surface area contributed by atoms with E-state index >= 15 is 0 Å². The van der Waals surface area contributed by atoms with Crippen molar-refractivity contribution in [1.82, 2.24) is 15.3 Å². The molecule has 1 aromatic heterocycles. The van der Waals surface area contributed by atoms with Gasteiger partial charge in [0.15, 0.2) is 0 Å². The van der Waals surface area contributed by atoms with Gasteiger partial charge in [-0.1, -0.05) is 0 Å². The number of hydrogen-bond donors (Lipinski definition) is 3. The molecular weight excluding hydrogens is 220 g/mol. The second kappa shape index (κ2) is 7.56. The first kappa shape index (κ1) is 13.4. The van der Waals surface area contributed by atoms with Crippen molar-refractivity contribution in [3.8, 4) is 0 Å². The van der Waals surface area contributed by atoms with Crippen molar-refractivity contribution in [3.63, 3.8) is 0 Å². The largest absolute Gasteiger partial charge is 0.481 e. The number of anilines is 1. The molecule has 0 amide bonds. The number of nitrogens with zero attached hydrogens (tertiary/aromatic N) is 2. The van der Waals surface area contributed by atoms with Crippen molar-refractivity contribution in [3.05, 3.63) is 18.0 Å². The maximum Gasteiger partial charge on any atom is 0.303 e. The van der Waals surface area contributed by atoms with Crippen LogP contribution in [0.25, 0.3) is 0 Å². The van der Waals surface area contributed by atoms with Gasteiger partial charge in [0.1, 0.15) is 0 Å². The van der Waals surface area contributed by atoms with Crippen molar-refractivity contribution in [1.29, 1.82) is 0 Å². The number of carbonyl (C=O) groups is 1. The van der Waals surface area contributed by atoms with E-state index in [0.29, 0.717) is 25.5 Å². The highest BCUT2D eigenvalue weighted by Gasteiger charge is 1.98. The van der Waals surface area contributed by atoms with E-state index in [2.05, 4.69) is 20.6 Å². The van der Waals surface area contributed by atoms with Crippen LogP contribution in [-0.2, 0) is 11.3 Å². The smallest absolute Gasteiger partial charge is 0.303 e. The van der Waals surface area contributed by atoms with Gasteiger partial charge < -0.3 is 15.7 Å². The molecule has 0 saturated heterocycles. The van der Waals surface area contributed by atoms with Crippen LogP contribution >= 0.6 is 0 Å². The molecule has 0 aliphatic rings. The second-order valence-electron chi connectivity index (χ2n) is 3.62. The first-order chi connectivity index (χ1) is 8.22. The Morgan fingerprint density at radius 3 is 2.71 bits per heavy atom. The Morgan fingerprint density at radius 2 is 2.12 bits per heavy atom. The lowest BCUT2D eigenvalue weighted by atomic mass is 10.3. The third kappa shape index (κ3) is 5.82. The van der Waals surface area contributed by atoms with Gasteiger partial charge in [-0.25, -0.2) is 9.97 Å². The average molecular weight is 238 g/mol. The zero-order valence-corrected chi connectivity index (χ0v) is 9.94. The third-order valence-electron chi connectivity index (χ3n) is 2.11. The van der Waals surface area contributed by atoms with Gasteiger partial charge in [-0.2, -0.15) is 0 Å². The van der Waals surface area contributed by atoms with E-state index in [1.807, 2.05) is 6.92 Å². The average Bonchev–Trinajstić information content (AvgIpc) is 2.31. The molecule has 0 spiro atoms. The summed E-state index contributed by atoms with van der Waals surface area (Å²) in [6.07, 6.45) is 4.35. The molecule has 1 aromatic rings. The summed E-state index contributed by atoms with van der Waals surface area (Å²) in [7, 11) is 0. The quantitative estimate of drug-likeness (QED) is 0.582. The van der Waals surface area contributed by atoms with Crippen molar-refractivity contribution in [2.45, 2.75) is 26.3 Å². The van der Waals surface area contributed by atoms with E-state index in [1.54, 1.807) is 12.4 Å². The molecule has 0 fully saturated rings. The molecule has 0 aromatic carbocycles. The topological polar surface area (TPSA) is 87.1 Å². The van der Waals surface area contributed by atoms with Crippen LogP contribution in [-0.4, -0.2) is 34.1 Å². The lowest BCUT2D eigenvalue weighted by Crippen LogP contribution is -2.16. The third-order valence-corrected chi connectivity index (χ3v) is 2.11. The summed E-state index contributed by atoms with van der Waals surface area (Å²) in [5, 5.41) is 14.6. The first-order valence-electron chi connectivity index (χ1n) is 5.69. The minimum Gasteiger partial charge on any atom is -0.481 e. The molecule has 94 valence electrons. The van der Waals surface area contributed by atoms with Crippen LogP contribution in [0.3, 0.4) is 0 Å². The van der Waals surface area contributed by atoms with E-state index < -0.39 is 5.97 Å². The Hall–Kier alpha value is -1.69. The Bertz CT molecular complexity index is 340. The van der Waals surface area contributed by atoms with E-state index in [-0.39, 0.29) is 6.42 Å². The molecule has 0 aliphatic carbocycles. The van der Waals surface area contributed by atoms with Crippen molar-refractivity contribution < 1.29 is 9.90 Å². The van der Waals surface area contributed by atoms with E-state index in [1.165, 1.54) is 0 Å². The summed E-state index contributed by atoms with van der Waals surface area (Å²) in [4.78, 5) is 18.6. The molecule has 0 unspecified atom stereocenters. The van der Waals surface area contributed by atoms with Crippen LogP contribution in [0, 0.1) is 0 Å². The number of carboxylic acid groups (broad SMARTS) is 1. The van der Waals surface area contributed by atoms with Crippen LogP contribution in [0.1, 0.15) is 25.3 Å². The summed E-state index contributed by atoms with van der Waals surface area (Å²) in [5.41, 5.74) is 0.988. The fourth-order valence-corrected chi connectivity index (χ4v) is 1.29. The lowest BCUT2D eigenvalue weighted by Gasteiger charge is -2.04. The highest BCUT2D eigenvalue weighted by molar-refractivity contribution is 5.66. The maximum absolute atomic E-state index is 10.3. The van der Waals surface area contributed by atoms with Crippen molar-refractivity contribution in [2.75, 3.05) is 18.4 Å².